The first-order valence-electron chi connectivity index (χ1n) is 9.38. The van der Waals surface area contributed by atoms with Crippen LogP contribution in [0.3, 0.4) is 0 Å². The van der Waals surface area contributed by atoms with Gasteiger partial charge in [0.25, 0.3) is 0 Å². The highest BCUT2D eigenvalue weighted by Gasteiger charge is 2.29. The molecule has 0 bridgehead atoms. The van der Waals surface area contributed by atoms with Crippen molar-refractivity contribution >= 4 is 12.1 Å². The van der Waals surface area contributed by atoms with Crippen LogP contribution in [-0.2, 0) is 4.74 Å². The smallest absolute Gasteiger partial charge is 0.410 e. The maximum absolute atomic E-state index is 12.1. The summed E-state index contributed by atoms with van der Waals surface area (Å²) in [6.07, 6.45) is 8.32. The highest BCUT2D eigenvalue weighted by Crippen LogP contribution is 2.20. The molecule has 0 aromatic rings. The van der Waals surface area contributed by atoms with Crippen LogP contribution in [0.5, 0.6) is 0 Å². The number of nitrogens with zero attached hydrogens (tertiary/aromatic N) is 2. The summed E-state index contributed by atoms with van der Waals surface area (Å²) in [7, 11) is 0. The second kappa shape index (κ2) is 8.58. The van der Waals surface area contributed by atoms with Crippen molar-refractivity contribution in [1.82, 2.24) is 10.2 Å². The molecule has 0 radical (unpaired) electrons. The van der Waals surface area contributed by atoms with E-state index in [0.29, 0.717) is 31.0 Å². The van der Waals surface area contributed by atoms with Gasteiger partial charge in [-0.25, -0.2) is 4.79 Å². The monoisotopic (exact) mass is 338 g/mol. The maximum Gasteiger partial charge on any atom is 0.410 e. The van der Waals surface area contributed by atoms with Gasteiger partial charge in [0, 0.05) is 25.7 Å². The van der Waals surface area contributed by atoms with E-state index in [1.807, 2.05) is 20.8 Å². The van der Waals surface area contributed by atoms with Crippen molar-refractivity contribution in [3.05, 3.63) is 0 Å². The van der Waals surface area contributed by atoms with Crippen LogP contribution in [0.15, 0.2) is 4.99 Å². The molecule has 0 spiro atoms. The standard InChI is InChI=1S/C18H34N4O2/c1-18(2,3)24-17(23)22-11-10-14(13-22)12-20-16(19)21-15-8-6-4-5-7-9-15/h14-15H,4-13H2,1-3H3,(H3,19,20,21). The summed E-state index contributed by atoms with van der Waals surface area (Å²) in [5, 5.41) is 3.37. The summed E-state index contributed by atoms with van der Waals surface area (Å²) >= 11 is 0. The molecule has 138 valence electrons. The van der Waals surface area contributed by atoms with Crippen LogP contribution in [-0.4, -0.2) is 48.2 Å². The van der Waals surface area contributed by atoms with E-state index in [2.05, 4.69) is 10.3 Å². The van der Waals surface area contributed by atoms with Crippen molar-refractivity contribution in [2.24, 2.45) is 16.6 Å². The topological polar surface area (TPSA) is 80.0 Å². The predicted molar refractivity (Wildman–Crippen MR) is 97.0 cm³/mol. The van der Waals surface area contributed by atoms with Gasteiger partial charge in [-0.2, -0.15) is 0 Å². The minimum atomic E-state index is -0.444. The van der Waals surface area contributed by atoms with E-state index in [1.165, 1.54) is 38.5 Å². The second-order valence-electron chi connectivity index (χ2n) is 8.14. The van der Waals surface area contributed by atoms with Crippen LogP contribution >= 0.6 is 0 Å². The number of amides is 1. The van der Waals surface area contributed by atoms with Crippen LogP contribution < -0.4 is 11.1 Å². The van der Waals surface area contributed by atoms with E-state index in [4.69, 9.17) is 10.5 Å². The summed E-state index contributed by atoms with van der Waals surface area (Å²) in [5.74, 6) is 0.921. The number of nitrogens with two attached hydrogens (primary N) is 1. The van der Waals surface area contributed by atoms with Crippen molar-refractivity contribution < 1.29 is 9.53 Å². The van der Waals surface area contributed by atoms with Crippen LogP contribution in [0.4, 0.5) is 4.79 Å². The molecule has 24 heavy (non-hydrogen) atoms. The van der Waals surface area contributed by atoms with Gasteiger partial charge in [-0.05, 0) is 46.0 Å². The van der Waals surface area contributed by atoms with Gasteiger partial charge >= 0.3 is 6.09 Å². The molecule has 2 fully saturated rings. The Morgan fingerprint density at radius 1 is 1.21 bits per heavy atom. The van der Waals surface area contributed by atoms with Crippen LogP contribution in [0.2, 0.25) is 0 Å². The number of guanidine groups is 1. The lowest BCUT2D eigenvalue weighted by molar-refractivity contribution is 0.0289. The average Bonchev–Trinajstić information content (AvgIpc) is 2.82. The number of carbonyl (C=O) groups excluding carboxylic acids is 1. The van der Waals surface area contributed by atoms with E-state index in [9.17, 15) is 4.79 Å². The third-order valence-corrected chi connectivity index (χ3v) is 4.66. The molecule has 1 heterocycles. The molecule has 1 aliphatic carbocycles. The van der Waals surface area contributed by atoms with E-state index >= 15 is 0 Å². The molecule has 2 aliphatic rings. The van der Waals surface area contributed by atoms with Crippen molar-refractivity contribution in [2.45, 2.75) is 77.4 Å². The fraction of sp³-hybridized carbons (Fsp3) is 0.889. The van der Waals surface area contributed by atoms with E-state index < -0.39 is 5.60 Å². The first-order valence-corrected chi connectivity index (χ1v) is 9.38. The summed E-state index contributed by atoms with van der Waals surface area (Å²) in [4.78, 5) is 18.4. The molecule has 1 saturated carbocycles. The summed E-state index contributed by atoms with van der Waals surface area (Å²) < 4.78 is 5.42. The maximum atomic E-state index is 12.1. The van der Waals surface area contributed by atoms with Crippen LogP contribution in [0.25, 0.3) is 0 Å². The predicted octanol–water partition coefficient (Wildman–Crippen LogP) is 2.87. The van der Waals surface area contributed by atoms with Gasteiger partial charge in [0.05, 0.1) is 0 Å². The Bertz CT molecular complexity index is 437. The summed E-state index contributed by atoms with van der Waals surface area (Å²) in [6.45, 7) is 7.79. The highest BCUT2D eigenvalue weighted by atomic mass is 16.6. The number of carbonyl (C=O) groups is 1. The lowest BCUT2D eigenvalue weighted by Crippen LogP contribution is -2.40. The number of rotatable bonds is 3. The second-order valence-corrected chi connectivity index (χ2v) is 8.14. The molecule has 1 saturated heterocycles. The molecule has 0 aromatic heterocycles. The van der Waals surface area contributed by atoms with Crippen molar-refractivity contribution in [1.29, 1.82) is 0 Å². The number of hydrogen-bond donors (Lipinski definition) is 2. The number of ether oxygens (including phenoxy) is 1. The van der Waals surface area contributed by atoms with Crippen molar-refractivity contribution in [3.8, 4) is 0 Å². The minimum Gasteiger partial charge on any atom is -0.444 e. The van der Waals surface area contributed by atoms with Gasteiger partial charge in [-0.1, -0.05) is 25.7 Å². The molecule has 1 amide bonds. The Morgan fingerprint density at radius 3 is 2.50 bits per heavy atom. The van der Waals surface area contributed by atoms with Gasteiger partial charge in [-0.3, -0.25) is 4.99 Å². The zero-order chi connectivity index (χ0) is 17.6. The van der Waals surface area contributed by atoms with E-state index in [0.717, 1.165) is 13.0 Å². The zero-order valence-corrected chi connectivity index (χ0v) is 15.5. The molecule has 2 rings (SSSR count). The molecule has 6 heteroatoms. The molecule has 1 atom stereocenters. The van der Waals surface area contributed by atoms with Gasteiger partial charge in [-0.15, -0.1) is 0 Å². The molecule has 1 aliphatic heterocycles. The fourth-order valence-corrected chi connectivity index (χ4v) is 3.38. The van der Waals surface area contributed by atoms with Gasteiger partial charge in [0.1, 0.15) is 5.60 Å². The zero-order valence-electron chi connectivity index (χ0n) is 15.5. The normalized spacial score (nSPS) is 23.9. The minimum absolute atomic E-state index is 0.224. The van der Waals surface area contributed by atoms with E-state index in [1.54, 1.807) is 4.90 Å². The van der Waals surface area contributed by atoms with Gasteiger partial charge in [0.15, 0.2) is 5.96 Å². The lowest BCUT2D eigenvalue weighted by atomic mass is 10.1. The average molecular weight is 338 g/mol. The highest BCUT2D eigenvalue weighted by molar-refractivity contribution is 5.78. The molecule has 6 nitrogen and oxygen atoms in total. The number of nitrogens with one attached hydrogen (secondary N) is 1. The van der Waals surface area contributed by atoms with Crippen LogP contribution in [0, 0.1) is 5.92 Å². The van der Waals surface area contributed by atoms with Gasteiger partial charge < -0.3 is 20.7 Å². The Labute approximate surface area is 146 Å². The Hall–Kier alpha value is -1.46. The van der Waals surface area contributed by atoms with Crippen molar-refractivity contribution in [2.75, 3.05) is 19.6 Å². The largest absolute Gasteiger partial charge is 0.444 e. The SMILES string of the molecule is CC(C)(C)OC(=O)N1CCC(CN=C(N)NC2CCCCCC2)C1. The molecule has 0 aromatic carbocycles. The van der Waals surface area contributed by atoms with E-state index in [-0.39, 0.29) is 6.09 Å². The van der Waals surface area contributed by atoms with Crippen LogP contribution in [0.1, 0.15) is 65.7 Å². The Morgan fingerprint density at radius 2 is 1.88 bits per heavy atom. The molecule has 3 N–H and O–H groups in total. The van der Waals surface area contributed by atoms with Gasteiger partial charge in [0.2, 0.25) is 0 Å². The lowest BCUT2D eigenvalue weighted by Gasteiger charge is -2.24. The Balaban J connectivity index is 1.73. The summed E-state index contributed by atoms with van der Waals surface area (Å²) in [5.41, 5.74) is 5.60. The quantitative estimate of drug-likeness (QED) is 0.471. The summed E-state index contributed by atoms with van der Waals surface area (Å²) in [6, 6.07) is 0.470. The third kappa shape index (κ3) is 6.57. The number of hydrogen-bond acceptors (Lipinski definition) is 3. The third-order valence-electron chi connectivity index (χ3n) is 4.66. The number of likely N-dealkylation sites (tertiary alicyclic amines) is 1. The first-order chi connectivity index (χ1) is 11.3. The number of aliphatic imine (C=N–C) groups is 1. The van der Waals surface area contributed by atoms with Crippen molar-refractivity contribution in [3.63, 3.8) is 0 Å². The molecule has 1 unspecified atom stereocenters. The Kier molecular flexibility index (Phi) is 6.75. The molecular weight excluding hydrogens is 304 g/mol. The molecular formula is C18H34N4O2. The first kappa shape index (κ1) is 18.9. The fourth-order valence-electron chi connectivity index (χ4n) is 3.38.